The summed E-state index contributed by atoms with van der Waals surface area (Å²) in [5.74, 6) is 1.92. The van der Waals surface area contributed by atoms with Gasteiger partial charge in [-0.25, -0.2) is 0 Å². The van der Waals surface area contributed by atoms with Gasteiger partial charge < -0.3 is 20.1 Å². The third kappa shape index (κ3) is 3.24. The summed E-state index contributed by atoms with van der Waals surface area (Å²) < 4.78 is 6.93. The zero-order chi connectivity index (χ0) is 14.8. The first-order valence-corrected chi connectivity index (χ1v) is 7.65. The minimum absolute atomic E-state index is 0.159. The standard InChI is InChI=1S/C12H16N6O2S/c1-7-4-9(17-20-7)14-11(19)6-21-12-16-15-10(5-13)18(12)8-2-3-8/h4,8H,2-3,5-6,13H2,1H3,(H,14,17,19). The maximum Gasteiger partial charge on any atom is 0.236 e. The fourth-order valence-electron chi connectivity index (χ4n) is 1.98. The van der Waals surface area contributed by atoms with Crippen molar-refractivity contribution in [2.75, 3.05) is 11.1 Å². The van der Waals surface area contributed by atoms with Crippen LogP contribution in [0, 0.1) is 6.92 Å². The zero-order valence-electron chi connectivity index (χ0n) is 11.6. The molecule has 0 bridgehead atoms. The molecule has 1 fully saturated rings. The number of carbonyl (C=O) groups excluding carboxylic acids is 1. The van der Waals surface area contributed by atoms with E-state index < -0.39 is 0 Å². The number of hydrogen-bond donors (Lipinski definition) is 2. The van der Waals surface area contributed by atoms with Crippen molar-refractivity contribution in [2.24, 2.45) is 5.73 Å². The molecule has 3 rings (SSSR count). The maximum absolute atomic E-state index is 11.9. The molecule has 1 saturated carbocycles. The molecular weight excluding hydrogens is 292 g/mol. The normalized spacial score (nSPS) is 14.4. The van der Waals surface area contributed by atoms with Gasteiger partial charge in [0.05, 0.1) is 12.3 Å². The van der Waals surface area contributed by atoms with Crippen LogP contribution in [0.25, 0.3) is 0 Å². The molecule has 2 aromatic heterocycles. The fraction of sp³-hybridized carbons (Fsp3) is 0.500. The van der Waals surface area contributed by atoms with Crippen LogP contribution < -0.4 is 11.1 Å². The Morgan fingerprint density at radius 1 is 1.57 bits per heavy atom. The molecule has 2 aromatic rings. The monoisotopic (exact) mass is 308 g/mol. The number of amides is 1. The van der Waals surface area contributed by atoms with Crippen molar-refractivity contribution in [2.45, 2.75) is 37.5 Å². The largest absolute Gasteiger partial charge is 0.360 e. The Morgan fingerprint density at radius 2 is 2.38 bits per heavy atom. The van der Waals surface area contributed by atoms with Gasteiger partial charge in [0.1, 0.15) is 11.6 Å². The highest BCUT2D eigenvalue weighted by Gasteiger charge is 2.29. The van der Waals surface area contributed by atoms with Gasteiger partial charge in [0.15, 0.2) is 11.0 Å². The lowest BCUT2D eigenvalue weighted by atomic mass is 10.5. The number of nitrogens with zero attached hydrogens (tertiary/aromatic N) is 4. The molecule has 0 unspecified atom stereocenters. The number of rotatable bonds is 6. The number of carbonyl (C=O) groups is 1. The Balaban J connectivity index is 1.60. The van der Waals surface area contributed by atoms with Crippen molar-refractivity contribution < 1.29 is 9.32 Å². The number of thioether (sulfide) groups is 1. The highest BCUT2D eigenvalue weighted by molar-refractivity contribution is 7.99. The first kappa shape index (κ1) is 14.1. The van der Waals surface area contributed by atoms with Crippen LogP contribution in [-0.2, 0) is 11.3 Å². The summed E-state index contributed by atoms with van der Waals surface area (Å²) >= 11 is 1.35. The first-order chi connectivity index (χ1) is 10.2. The molecule has 2 heterocycles. The van der Waals surface area contributed by atoms with E-state index in [1.807, 2.05) is 4.57 Å². The van der Waals surface area contributed by atoms with Crippen LogP contribution in [0.5, 0.6) is 0 Å². The predicted molar refractivity (Wildman–Crippen MR) is 76.8 cm³/mol. The van der Waals surface area contributed by atoms with E-state index in [0.717, 1.165) is 23.8 Å². The summed E-state index contributed by atoms with van der Waals surface area (Å²) in [5.41, 5.74) is 5.66. The van der Waals surface area contributed by atoms with Crippen LogP contribution >= 0.6 is 11.8 Å². The quantitative estimate of drug-likeness (QED) is 0.768. The number of nitrogens with two attached hydrogens (primary N) is 1. The lowest BCUT2D eigenvalue weighted by Crippen LogP contribution is -2.15. The van der Waals surface area contributed by atoms with Crippen LogP contribution in [-0.4, -0.2) is 31.6 Å². The smallest absolute Gasteiger partial charge is 0.236 e. The second-order valence-electron chi connectivity index (χ2n) is 4.86. The average Bonchev–Trinajstić information content (AvgIpc) is 3.09. The molecular formula is C12H16N6O2S. The second kappa shape index (κ2) is 5.86. The molecule has 0 saturated heterocycles. The van der Waals surface area contributed by atoms with E-state index in [1.54, 1.807) is 13.0 Å². The Kier molecular flexibility index (Phi) is 3.93. The van der Waals surface area contributed by atoms with Gasteiger partial charge >= 0.3 is 0 Å². The van der Waals surface area contributed by atoms with Gasteiger partial charge in [0.2, 0.25) is 5.91 Å². The summed E-state index contributed by atoms with van der Waals surface area (Å²) in [6, 6.07) is 2.10. The first-order valence-electron chi connectivity index (χ1n) is 6.67. The molecule has 1 aliphatic carbocycles. The van der Waals surface area contributed by atoms with Crippen LogP contribution in [0.4, 0.5) is 5.82 Å². The van der Waals surface area contributed by atoms with Crippen LogP contribution in [0.1, 0.15) is 30.5 Å². The van der Waals surface area contributed by atoms with Gasteiger partial charge in [-0.2, -0.15) is 0 Å². The summed E-state index contributed by atoms with van der Waals surface area (Å²) in [4.78, 5) is 11.9. The van der Waals surface area contributed by atoms with E-state index >= 15 is 0 Å². The minimum Gasteiger partial charge on any atom is -0.360 e. The van der Waals surface area contributed by atoms with E-state index in [0.29, 0.717) is 24.2 Å². The molecule has 0 spiro atoms. The molecule has 8 nitrogen and oxygen atoms in total. The van der Waals surface area contributed by atoms with E-state index in [-0.39, 0.29) is 11.7 Å². The van der Waals surface area contributed by atoms with Crippen molar-refractivity contribution in [3.05, 3.63) is 17.7 Å². The van der Waals surface area contributed by atoms with Crippen molar-refractivity contribution >= 4 is 23.5 Å². The van der Waals surface area contributed by atoms with E-state index in [1.165, 1.54) is 11.8 Å². The summed E-state index contributed by atoms with van der Waals surface area (Å²) in [6.07, 6.45) is 2.23. The molecule has 1 amide bonds. The summed E-state index contributed by atoms with van der Waals surface area (Å²) in [5, 5.41) is 15.3. The lowest BCUT2D eigenvalue weighted by Gasteiger charge is -2.07. The summed E-state index contributed by atoms with van der Waals surface area (Å²) in [6.45, 7) is 2.12. The van der Waals surface area contributed by atoms with Crippen molar-refractivity contribution in [3.8, 4) is 0 Å². The van der Waals surface area contributed by atoms with E-state index in [9.17, 15) is 4.79 Å². The van der Waals surface area contributed by atoms with Crippen molar-refractivity contribution in [3.63, 3.8) is 0 Å². The van der Waals surface area contributed by atoms with E-state index in [2.05, 4.69) is 20.7 Å². The Hall–Kier alpha value is -1.87. The van der Waals surface area contributed by atoms with Gasteiger partial charge in [-0.3, -0.25) is 4.79 Å². The number of aromatic nitrogens is 4. The Morgan fingerprint density at radius 3 is 3.00 bits per heavy atom. The number of hydrogen-bond acceptors (Lipinski definition) is 7. The molecule has 0 aliphatic heterocycles. The van der Waals surface area contributed by atoms with Crippen LogP contribution in [0.15, 0.2) is 15.7 Å². The van der Waals surface area contributed by atoms with Crippen LogP contribution in [0.2, 0.25) is 0 Å². The highest BCUT2D eigenvalue weighted by Crippen LogP contribution is 2.38. The molecule has 0 aromatic carbocycles. The minimum atomic E-state index is -0.159. The SMILES string of the molecule is Cc1cc(NC(=O)CSc2nnc(CN)n2C2CC2)no1. The Labute approximate surface area is 125 Å². The molecule has 0 radical (unpaired) electrons. The third-order valence-electron chi connectivity index (χ3n) is 3.06. The molecule has 1 aliphatic rings. The van der Waals surface area contributed by atoms with E-state index in [4.69, 9.17) is 10.3 Å². The summed E-state index contributed by atoms with van der Waals surface area (Å²) in [7, 11) is 0. The fourth-order valence-corrected chi connectivity index (χ4v) is 2.80. The van der Waals surface area contributed by atoms with Gasteiger partial charge in [0.25, 0.3) is 0 Å². The zero-order valence-corrected chi connectivity index (χ0v) is 12.4. The Bertz CT molecular complexity index is 648. The van der Waals surface area contributed by atoms with Gasteiger partial charge in [-0.1, -0.05) is 16.9 Å². The molecule has 9 heteroatoms. The maximum atomic E-state index is 11.9. The molecule has 112 valence electrons. The topological polar surface area (TPSA) is 112 Å². The molecule has 0 atom stereocenters. The van der Waals surface area contributed by atoms with Crippen molar-refractivity contribution in [1.29, 1.82) is 0 Å². The second-order valence-corrected chi connectivity index (χ2v) is 5.81. The predicted octanol–water partition coefficient (Wildman–Crippen LogP) is 1.10. The third-order valence-corrected chi connectivity index (χ3v) is 4.00. The highest BCUT2D eigenvalue weighted by atomic mass is 32.2. The number of aryl methyl sites for hydroxylation is 1. The molecule has 21 heavy (non-hydrogen) atoms. The van der Waals surface area contributed by atoms with Gasteiger partial charge in [-0.15, -0.1) is 10.2 Å². The molecule has 3 N–H and O–H groups in total. The number of anilines is 1. The number of nitrogens with one attached hydrogen (secondary N) is 1. The van der Waals surface area contributed by atoms with Crippen LogP contribution in [0.3, 0.4) is 0 Å². The van der Waals surface area contributed by atoms with Gasteiger partial charge in [-0.05, 0) is 19.8 Å². The van der Waals surface area contributed by atoms with Crippen molar-refractivity contribution in [1.82, 2.24) is 19.9 Å². The van der Waals surface area contributed by atoms with Gasteiger partial charge in [0, 0.05) is 12.1 Å². The lowest BCUT2D eigenvalue weighted by molar-refractivity contribution is -0.113. The average molecular weight is 308 g/mol.